The van der Waals surface area contributed by atoms with Gasteiger partial charge in [-0.15, -0.1) is 0 Å². The summed E-state index contributed by atoms with van der Waals surface area (Å²) in [5, 5.41) is 11.2. The predicted octanol–water partition coefficient (Wildman–Crippen LogP) is 3.35. The van der Waals surface area contributed by atoms with Gasteiger partial charge in [-0.05, 0) is 43.2 Å². The van der Waals surface area contributed by atoms with Gasteiger partial charge in [0.2, 0.25) is 0 Å². The van der Waals surface area contributed by atoms with Crippen molar-refractivity contribution in [3.8, 4) is 11.5 Å². The van der Waals surface area contributed by atoms with Crippen LogP contribution in [0.4, 0.5) is 0 Å². The Morgan fingerprint density at radius 3 is 2.21 bits per heavy atom. The summed E-state index contributed by atoms with van der Waals surface area (Å²) in [6.07, 6.45) is 2.81. The molecule has 1 aromatic carbocycles. The lowest BCUT2D eigenvalue weighted by molar-refractivity contribution is -0.0616. The molecule has 3 unspecified atom stereocenters. The molecule has 1 aliphatic carbocycles. The van der Waals surface area contributed by atoms with Gasteiger partial charge in [0.05, 0.1) is 25.4 Å². The summed E-state index contributed by atoms with van der Waals surface area (Å²) in [7, 11) is 3.27. The SMILES string of the molecule is COc1cccc(OC)c1C1(O)CCC(C)CC1C. The van der Waals surface area contributed by atoms with Gasteiger partial charge in [0.15, 0.2) is 0 Å². The molecule has 0 amide bonds. The first-order valence-electron chi connectivity index (χ1n) is 6.96. The third kappa shape index (κ3) is 2.44. The third-order valence-electron chi connectivity index (χ3n) is 4.45. The molecule has 1 aromatic rings. The van der Waals surface area contributed by atoms with Gasteiger partial charge in [-0.2, -0.15) is 0 Å². The average molecular weight is 264 g/mol. The van der Waals surface area contributed by atoms with Crippen LogP contribution in [0.25, 0.3) is 0 Å². The molecule has 2 rings (SSSR count). The molecular weight excluding hydrogens is 240 g/mol. The van der Waals surface area contributed by atoms with E-state index >= 15 is 0 Å². The Hall–Kier alpha value is -1.22. The largest absolute Gasteiger partial charge is 0.496 e. The number of rotatable bonds is 3. The van der Waals surface area contributed by atoms with Crippen molar-refractivity contribution >= 4 is 0 Å². The van der Waals surface area contributed by atoms with Crippen molar-refractivity contribution in [1.82, 2.24) is 0 Å². The maximum absolute atomic E-state index is 11.2. The van der Waals surface area contributed by atoms with Crippen LogP contribution < -0.4 is 9.47 Å². The third-order valence-corrected chi connectivity index (χ3v) is 4.45. The normalized spacial score (nSPS) is 31.0. The smallest absolute Gasteiger partial charge is 0.128 e. The summed E-state index contributed by atoms with van der Waals surface area (Å²) in [6.45, 7) is 4.36. The summed E-state index contributed by atoms with van der Waals surface area (Å²) in [5.74, 6) is 2.28. The highest BCUT2D eigenvalue weighted by Gasteiger charge is 2.43. The fourth-order valence-corrected chi connectivity index (χ4v) is 3.28. The van der Waals surface area contributed by atoms with E-state index in [1.165, 1.54) is 0 Å². The Balaban J connectivity index is 2.50. The molecule has 3 nitrogen and oxygen atoms in total. The van der Waals surface area contributed by atoms with E-state index in [0.717, 1.165) is 24.8 Å². The van der Waals surface area contributed by atoms with Crippen LogP contribution in [0.1, 0.15) is 38.7 Å². The van der Waals surface area contributed by atoms with Crippen LogP contribution in [0.3, 0.4) is 0 Å². The van der Waals surface area contributed by atoms with E-state index in [-0.39, 0.29) is 5.92 Å². The highest BCUT2D eigenvalue weighted by atomic mass is 16.5. The highest BCUT2D eigenvalue weighted by molar-refractivity contribution is 5.49. The van der Waals surface area contributed by atoms with Crippen LogP contribution in [0.15, 0.2) is 18.2 Å². The Morgan fingerprint density at radius 2 is 1.74 bits per heavy atom. The van der Waals surface area contributed by atoms with Crippen molar-refractivity contribution in [1.29, 1.82) is 0 Å². The second-order valence-corrected chi connectivity index (χ2v) is 5.74. The summed E-state index contributed by atoms with van der Waals surface area (Å²) in [6, 6.07) is 5.67. The number of hydrogen-bond donors (Lipinski definition) is 1. The monoisotopic (exact) mass is 264 g/mol. The second kappa shape index (κ2) is 5.41. The fraction of sp³-hybridized carbons (Fsp3) is 0.625. The van der Waals surface area contributed by atoms with Gasteiger partial charge in [-0.25, -0.2) is 0 Å². The standard InChI is InChI=1S/C16H24O3/c1-11-8-9-16(17,12(2)10-11)15-13(18-3)6-5-7-14(15)19-4/h5-7,11-12,17H,8-10H2,1-4H3. The Bertz CT molecular complexity index is 421. The zero-order valence-electron chi connectivity index (χ0n) is 12.3. The lowest BCUT2D eigenvalue weighted by atomic mass is 9.68. The molecule has 1 saturated carbocycles. The molecule has 0 radical (unpaired) electrons. The Morgan fingerprint density at radius 1 is 1.16 bits per heavy atom. The van der Waals surface area contributed by atoms with Crippen LogP contribution in [0.2, 0.25) is 0 Å². The zero-order valence-corrected chi connectivity index (χ0v) is 12.3. The maximum atomic E-state index is 11.2. The highest BCUT2D eigenvalue weighted by Crippen LogP contribution is 2.49. The topological polar surface area (TPSA) is 38.7 Å². The second-order valence-electron chi connectivity index (χ2n) is 5.74. The minimum atomic E-state index is -0.857. The van der Waals surface area contributed by atoms with E-state index in [4.69, 9.17) is 9.47 Å². The molecule has 0 aromatic heterocycles. The number of aliphatic hydroxyl groups is 1. The molecule has 19 heavy (non-hydrogen) atoms. The van der Waals surface area contributed by atoms with Crippen LogP contribution in [0.5, 0.6) is 11.5 Å². The minimum absolute atomic E-state index is 0.196. The van der Waals surface area contributed by atoms with Crippen LogP contribution >= 0.6 is 0 Å². The lowest BCUT2D eigenvalue weighted by Crippen LogP contribution is -2.39. The Kier molecular flexibility index (Phi) is 4.04. The summed E-state index contributed by atoms with van der Waals surface area (Å²) < 4.78 is 10.9. The minimum Gasteiger partial charge on any atom is -0.496 e. The average Bonchev–Trinajstić information content (AvgIpc) is 2.42. The first-order chi connectivity index (χ1) is 9.02. The van der Waals surface area contributed by atoms with Crippen molar-refractivity contribution < 1.29 is 14.6 Å². The van der Waals surface area contributed by atoms with Crippen molar-refractivity contribution in [3.05, 3.63) is 23.8 Å². The van der Waals surface area contributed by atoms with Gasteiger partial charge in [0.25, 0.3) is 0 Å². The van der Waals surface area contributed by atoms with Crippen LogP contribution in [-0.4, -0.2) is 19.3 Å². The molecular formula is C16H24O3. The molecule has 3 heteroatoms. The molecule has 106 valence electrons. The molecule has 0 bridgehead atoms. The van der Waals surface area contributed by atoms with Gasteiger partial charge >= 0.3 is 0 Å². The van der Waals surface area contributed by atoms with E-state index < -0.39 is 5.60 Å². The van der Waals surface area contributed by atoms with Gasteiger partial charge in [0.1, 0.15) is 11.5 Å². The molecule has 0 spiro atoms. The quantitative estimate of drug-likeness (QED) is 0.910. The van der Waals surface area contributed by atoms with Crippen LogP contribution in [-0.2, 0) is 5.60 Å². The van der Waals surface area contributed by atoms with E-state index in [2.05, 4.69) is 13.8 Å². The van der Waals surface area contributed by atoms with Crippen molar-refractivity contribution in [2.75, 3.05) is 14.2 Å². The molecule has 0 saturated heterocycles. The summed E-state index contributed by atoms with van der Waals surface area (Å²) >= 11 is 0. The summed E-state index contributed by atoms with van der Waals surface area (Å²) in [4.78, 5) is 0. The fourth-order valence-electron chi connectivity index (χ4n) is 3.28. The zero-order chi connectivity index (χ0) is 14.0. The van der Waals surface area contributed by atoms with Gasteiger partial charge in [-0.1, -0.05) is 19.9 Å². The van der Waals surface area contributed by atoms with Gasteiger partial charge in [0, 0.05) is 0 Å². The summed E-state index contributed by atoms with van der Waals surface area (Å²) in [5.41, 5.74) is -0.0517. The van der Waals surface area contributed by atoms with Gasteiger partial charge in [-0.3, -0.25) is 0 Å². The predicted molar refractivity (Wildman–Crippen MR) is 75.6 cm³/mol. The van der Waals surface area contributed by atoms with Crippen molar-refractivity contribution in [2.45, 2.75) is 38.7 Å². The van der Waals surface area contributed by atoms with E-state index in [9.17, 15) is 5.11 Å². The number of ether oxygens (including phenoxy) is 2. The molecule has 3 atom stereocenters. The maximum Gasteiger partial charge on any atom is 0.128 e. The molecule has 0 heterocycles. The van der Waals surface area contributed by atoms with Crippen LogP contribution in [0, 0.1) is 11.8 Å². The molecule has 1 fully saturated rings. The molecule has 1 N–H and O–H groups in total. The first kappa shape index (κ1) is 14.2. The van der Waals surface area contributed by atoms with E-state index in [1.54, 1.807) is 14.2 Å². The van der Waals surface area contributed by atoms with E-state index in [1.807, 2.05) is 18.2 Å². The van der Waals surface area contributed by atoms with Crippen molar-refractivity contribution in [3.63, 3.8) is 0 Å². The molecule has 0 aliphatic heterocycles. The Labute approximate surface area is 115 Å². The lowest BCUT2D eigenvalue weighted by Gasteiger charge is -2.42. The van der Waals surface area contributed by atoms with E-state index in [0.29, 0.717) is 17.4 Å². The van der Waals surface area contributed by atoms with Crippen molar-refractivity contribution in [2.24, 2.45) is 11.8 Å². The van der Waals surface area contributed by atoms with Gasteiger partial charge < -0.3 is 14.6 Å². The number of hydrogen-bond acceptors (Lipinski definition) is 3. The number of methoxy groups -OCH3 is 2. The first-order valence-corrected chi connectivity index (χ1v) is 6.96. The molecule has 1 aliphatic rings. The number of benzene rings is 1.